The number of benzene rings is 1. The van der Waals surface area contributed by atoms with Gasteiger partial charge in [-0.1, -0.05) is 30.3 Å². The number of rotatable bonds is 16. The zero-order chi connectivity index (χ0) is 34.7. The van der Waals surface area contributed by atoms with Crippen molar-refractivity contribution in [2.24, 2.45) is 11.5 Å². The van der Waals surface area contributed by atoms with Gasteiger partial charge in [0.1, 0.15) is 30.2 Å². The first-order valence-electron chi connectivity index (χ1n) is 14.7. The van der Waals surface area contributed by atoms with Gasteiger partial charge in [0.2, 0.25) is 35.4 Å². The standard InChI is InChI=1S/C29H43N7O10/c1-14(24(40)35-23(16(3)38)28(44)36-11-7-10-20(36)29(45)46)32-27(43)22(15(2)37)34-26(42)19(13-21(31)39)33-25(41)18(30)12-17-8-5-4-6-9-17/h4-6,8-9,14-16,18-20,22-23,37-38H,7,10-13,30H2,1-3H3,(H2,31,39)(H,32,43)(H,33,41)(H,34,42)(H,35,40)(H,45,46)/t14-,15+,16+,18-,19-,20-,22-,23-/m0/s1. The van der Waals surface area contributed by atoms with Gasteiger partial charge < -0.3 is 53.0 Å². The molecular weight excluding hydrogens is 606 g/mol. The number of hydrogen-bond acceptors (Lipinski definition) is 10. The van der Waals surface area contributed by atoms with Crippen molar-refractivity contribution in [1.29, 1.82) is 0 Å². The second-order valence-corrected chi connectivity index (χ2v) is 11.2. The molecule has 0 aromatic heterocycles. The number of nitrogens with two attached hydrogens (primary N) is 2. The van der Waals surface area contributed by atoms with Crippen LogP contribution in [0.15, 0.2) is 30.3 Å². The smallest absolute Gasteiger partial charge is 0.326 e. The molecule has 11 N–H and O–H groups in total. The summed E-state index contributed by atoms with van der Waals surface area (Å²) in [6, 6.07) is 0.455. The third kappa shape index (κ3) is 10.8. The topological polar surface area (TPSA) is 284 Å². The van der Waals surface area contributed by atoms with E-state index in [1.165, 1.54) is 20.8 Å². The summed E-state index contributed by atoms with van der Waals surface area (Å²) in [6.45, 7) is 3.75. The number of nitrogens with one attached hydrogen (secondary N) is 4. The van der Waals surface area contributed by atoms with Crippen LogP contribution in [0, 0.1) is 0 Å². The molecule has 0 saturated carbocycles. The Morgan fingerprint density at radius 2 is 1.43 bits per heavy atom. The van der Waals surface area contributed by atoms with Gasteiger partial charge in [-0.3, -0.25) is 28.8 Å². The number of nitrogens with zero attached hydrogens (tertiary/aromatic N) is 1. The fraction of sp³-hybridized carbons (Fsp3) is 0.552. The predicted octanol–water partition coefficient (Wildman–Crippen LogP) is -3.77. The van der Waals surface area contributed by atoms with E-state index in [0.717, 1.165) is 10.5 Å². The van der Waals surface area contributed by atoms with E-state index in [1.807, 2.05) is 0 Å². The lowest BCUT2D eigenvalue weighted by Crippen LogP contribution is -2.62. The Hall–Kier alpha value is -4.61. The van der Waals surface area contributed by atoms with Crippen molar-refractivity contribution >= 4 is 41.4 Å². The number of amides is 6. The van der Waals surface area contributed by atoms with Crippen LogP contribution in [0.2, 0.25) is 0 Å². The molecule has 0 spiro atoms. The monoisotopic (exact) mass is 649 g/mol. The molecule has 0 bridgehead atoms. The van der Waals surface area contributed by atoms with Gasteiger partial charge in [-0.25, -0.2) is 4.79 Å². The summed E-state index contributed by atoms with van der Waals surface area (Å²) >= 11 is 0. The average Bonchev–Trinajstić information content (AvgIpc) is 3.48. The number of primary amides is 1. The molecular formula is C29H43N7O10. The van der Waals surface area contributed by atoms with Crippen molar-refractivity contribution < 1.29 is 48.9 Å². The first-order chi connectivity index (χ1) is 21.5. The molecule has 0 unspecified atom stereocenters. The van der Waals surface area contributed by atoms with Crippen LogP contribution in [0.3, 0.4) is 0 Å². The maximum absolute atomic E-state index is 13.1. The summed E-state index contributed by atoms with van der Waals surface area (Å²) in [6.07, 6.45) is -2.85. The minimum Gasteiger partial charge on any atom is -0.480 e. The van der Waals surface area contributed by atoms with E-state index < -0.39 is 96.3 Å². The second kappa shape index (κ2) is 17.2. The third-order valence-electron chi connectivity index (χ3n) is 7.36. The predicted molar refractivity (Wildman–Crippen MR) is 161 cm³/mol. The number of aliphatic carboxylic acids is 1. The molecule has 0 aliphatic carbocycles. The van der Waals surface area contributed by atoms with Crippen LogP contribution in [0.4, 0.5) is 0 Å². The molecule has 254 valence electrons. The van der Waals surface area contributed by atoms with Crippen molar-refractivity contribution in [2.75, 3.05) is 6.54 Å². The number of carboxylic acid groups (broad SMARTS) is 1. The van der Waals surface area contributed by atoms with Gasteiger partial charge in [-0.2, -0.15) is 0 Å². The highest BCUT2D eigenvalue weighted by Gasteiger charge is 2.40. The number of carbonyl (C=O) groups excluding carboxylic acids is 6. The highest BCUT2D eigenvalue weighted by atomic mass is 16.4. The molecule has 1 aromatic carbocycles. The number of carboxylic acids is 1. The molecule has 17 nitrogen and oxygen atoms in total. The van der Waals surface area contributed by atoms with Crippen molar-refractivity contribution in [3.8, 4) is 0 Å². The summed E-state index contributed by atoms with van der Waals surface area (Å²) in [7, 11) is 0. The molecule has 1 saturated heterocycles. The Kier molecular flexibility index (Phi) is 14.0. The zero-order valence-electron chi connectivity index (χ0n) is 25.8. The van der Waals surface area contributed by atoms with Gasteiger partial charge in [0, 0.05) is 6.54 Å². The Bertz CT molecular complexity index is 1280. The maximum Gasteiger partial charge on any atom is 0.326 e. The fourth-order valence-corrected chi connectivity index (χ4v) is 4.81. The van der Waals surface area contributed by atoms with Gasteiger partial charge in [-0.15, -0.1) is 0 Å². The zero-order valence-corrected chi connectivity index (χ0v) is 25.8. The van der Waals surface area contributed by atoms with Crippen LogP contribution in [0.1, 0.15) is 45.6 Å². The third-order valence-corrected chi connectivity index (χ3v) is 7.36. The highest BCUT2D eigenvalue weighted by Crippen LogP contribution is 2.19. The van der Waals surface area contributed by atoms with Gasteiger partial charge in [-0.05, 0) is 45.6 Å². The molecule has 1 aliphatic rings. The molecule has 6 amide bonds. The number of carbonyl (C=O) groups is 7. The van der Waals surface area contributed by atoms with Gasteiger partial charge >= 0.3 is 5.97 Å². The van der Waals surface area contributed by atoms with Gasteiger partial charge in [0.15, 0.2) is 0 Å². The highest BCUT2D eigenvalue weighted by molar-refractivity contribution is 5.97. The average molecular weight is 650 g/mol. The normalized spacial score (nSPS) is 18.9. The van der Waals surface area contributed by atoms with Crippen LogP contribution in [0.5, 0.6) is 0 Å². The van der Waals surface area contributed by atoms with E-state index in [2.05, 4.69) is 21.3 Å². The van der Waals surface area contributed by atoms with E-state index in [1.54, 1.807) is 30.3 Å². The quantitative estimate of drug-likeness (QED) is 0.0838. The maximum atomic E-state index is 13.1. The lowest BCUT2D eigenvalue weighted by Gasteiger charge is -2.30. The van der Waals surface area contributed by atoms with Crippen molar-refractivity contribution in [3.05, 3.63) is 35.9 Å². The fourth-order valence-electron chi connectivity index (χ4n) is 4.81. The summed E-state index contributed by atoms with van der Waals surface area (Å²) in [5.74, 6) is -6.78. The van der Waals surface area contributed by atoms with Crippen LogP contribution in [-0.4, -0.2) is 117 Å². The van der Waals surface area contributed by atoms with Crippen LogP contribution in [0.25, 0.3) is 0 Å². The first kappa shape index (κ1) is 37.6. The number of aliphatic hydroxyl groups excluding tert-OH is 2. The van der Waals surface area contributed by atoms with Gasteiger partial charge in [0.05, 0.1) is 24.7 Å². The molecule has 8 atom stereocenters. The van der Waals surface area contributed by atoms with E-state index >= 15 is 0 Å². The minimum absolute atomic E-state index is 0.118. The number of likely N-dealkylation sites (tertiary alicyclic amines) is 1. The molecule has 17 heteroatoms. The lowest BCUT2D eigenvalue weighted by atomic mass is 10.0. The molecule has 1 heterocycles. The van der Waals surface area contributed by atoms with E-state index in [4.69, 9.17) is 11.5 Å². The molecule has 46 heavy (non-hydrogen) atoms. The van der Waals surface area contributed by atoms with Crippen LogP contribution >= 0.6 is 0 Å². The second-order valence-electron chi connectivity index (χ2n) is 11.2. The molecule has 0 radical (unpaired) electrons. The van der Waals surface area contributed by atoms with Crippen molar-refractivity contribution in [2.45, 2.75) is 94.9 Å². The lowest BCUT2D eigenvalue weighted by molar-refractivity contribution is -0.150. The Balaban J connectivity index is 2.07. The summed E-state index contributed by atoms with van der Waals surface area (Å²) < 4.78 is 0. The number of aliphatic hydroxyl groups is 2. The van der Waals surface area contributed by atoms with Crippen molar-refractivity contribution in [3.63, 3.8) is 0 Å². The van der Waals surface area contributed by atoms with Gasteiger partial charge in [0.25, 0.3) is 0 Å². The van der Waals surface area contributed by atoms with Crippen molar-refractivity contribution in [1.82, 2.24) is 26.2 Å². The Morgan fingerprint density at radius 3 is 1.98 bits per heavy atom. The minimum atomic E-state index is -1.68. The summed E-state index contributed by atoms with van der Waals surface area (Å²) in [5.41, 5.74) is 12.0. The first-order valence-corrected chi connectivity index (χ1v) is 14.7. The van der Waals surface area contributed by atoms with Crippen LogP contribution in [-0.2, 0) is 40.0 Å². The molecule has 1 aromatic rings. The summed E-state index contributed by atoms with van der Waals surface area (Å²) in [4.78, 5) is 89.0. The molecule has 1 aliphatic heterocycles. The largest absolute Gasteiger partial charge is 0.480 e. The molecule has 2 rings (SSSR count). The van der Waals surface area contributed by atoms with Crippen LogP contribution < -0.4 is 32.7 Å². The van der Waals surface area contributed by atoms with E-state index in [0.29, 0.717) is 6.42 Å². The SMILES string of the molecule is C[C@H](NC(=O)[C@@H](NC(=O)[C@H](CC(N)=O)NC(=O)[C@@H](N)Cc1ccccc1)[C@@H](C)O)C(=O)N[C@H](C(=O)N1CCC[C@H]1C(=O)O)[C@@H](C)O. The molecule has 1 fully saturated rings. The number of hydrogen-bond donors (Lipinski definition) is 9. The van der Waals surface area contributed by atoms with E-state index in [-0.39, 0.29) is 19.4 Å². The Morgan fingerprint density at radius 1 is 0.848 bits per heavy atom. The van der Waals surface area contributed by atoms with E-state index in [9.17, 15) is 48.9 Å². The Labute approximate surface area is 265 Å². The summed E-state index contributed by atoms with van der Waals surface area (Å²) in [5, 5.41) is 39.0.